The number of fused-ring (bicyclic) bond motifs is 1. The summed E-state index contributed by atoms with van der Waals surface area (Å²) in [7, 11) is 3.70. The van der Waals surface area contributed by atoms with Crippen LogP contribution in [0.1, 0.15) is 16.7 Å². The van der Waals surface area contributed by atoms with Crippen LogP contribution in [0.25, 0.3) is 0 Å². The topological polar surface area (TPSA) is 46.1 Å². The van der Waals surface area contributed by atoms with E-state index in [1.165, 1.54) is 17.7 Å². The van der Waals surface area contributed by atoms with Gasteiger partial charge in [-0.2, -0.15) is 0 Å². The fourth-order valence-corrected chi connectivity index (χ4v) is 2.88. The highest BCUT2D eigenvalue weighted by Crippen LogP contribution is 2.29. The Balaban J connectivity index is 1.68. The molecular formula is C19H22FN3O2. The quantitative estimate of drug-likeness (QED) is 0.685. The van der Waals surface area contributed by atoms with Crippen LogP contribution in [0.5, 0.6) is 5.75 Å². The zero-order valence-corrected chi connectivity index (χ0v) is 14.5. The number of halogens is 1. The molecule has 2 aromatic rings. The van der Waals surface area contributed by atoms with Gasteiger partial charge in [0, 0.05) is 38.3 Å². The van der Waals surface area contributed by atoms with Crippen LogP contribution in [0.3, 0.4) is 0 Å². The van der Waals surface area contributed by atoms with Crippen molar-refractivity contribution < 1.29 is 13.9 Å². The molecule has 1 heterocycles. The molecule has 0 aliphatic carbocycles. The molecule has 1 aliphatic rings. The fourth-order valence-electron chi connectivity index (χ4n) is 2.88. The van der Waals surface area contributed by atoms with E-state index in [0.29, 0.717) is 18.9 Å². The number of hydrogen-bond acceptors (Lipinski definition) is 3. The molecule has 0 atom stereocenters. The van der Waals surface area contributed by atoms with Gasteiger partial charge in [0.15, 0.2) is 12.8 Å². The number of rotatable bonds is 4. The van der Waals surface area contributed by atoms with Gasteiger partial charge in [-0.05, 0) is 17.7 Å². The second kappa shape index (κ2) is 7.98. The van der Waals surface area contributed by atoms with Gasteiger partial charge in [-0.25, -0.2) is 4.39 Å². The summed E-state index contributed by atoms with van der Waals surface area (Å²) in [5.74, 6) is 1.13. The molecule has 5 nitrogen and oxygen atoms in total. The van der Waals surface area contributed by atoms with Crippen molar-refractivity contribution in [1.82, 2.24) is 10.2 Å². The lowest BCUT2D eigenvalue weighted by Crippen LogP contribution is -2.38. The summed E-state index contributed by atoms with van der Waals surface area (Å²) in [6.45, 7) is 1.70. The summed E-state index contributed by atoms with van der Waals surface area (Å²) in [4.78, 5) is 6.32. The van der Waals surface area contributed by atoms with Crippen LogP contribution in [-0.2, 0) is 24.4 Å². The average Bonchev–Trinajstić information content (AvgIpc) is 2.62. The van der Waals surface area contributed by atoms with E-state index in [4.69, 9.17) is 9.47 Å². The van der Waals surface area contributed by atoms with Gasteiger partial charge in [-0.15, -0.1) is 0 Å². The Labute approximate surface area is 147 Å². The van der Waals surface area contributed by atoms with Gasteiger partial charge < -0.3 is 19.7 Å². The van der Waals surface area contributed by atoms with Crippen molar-refractivity contribution >= 4 is 5.96 Å². The van der Waals surface area contributed by atoms with Crippen molar-refractivity contribution in [3.05, 3.63) is 65.0 Å². The Morgan fingerprint density at radius 3 is 2.84 bits per heavy atom. The third-order valence-corrected chi connectivity index (χ3v) is 4.02. The molecule has 0 spiro atoms. The van der Waals surface area contributed by atoms with E-state index < -0.39 is 0 Å². The van der Waals surface area contributed by atoms with Gasteiger partial charge in [0.05, 0.1) is 6.61 Å². The molecule has 0 saturated carbocycles. The molecule has 0 aromatic heterocycles. The lowest BCUT2D eigenvalue weighted by molar-refractivity contribution is -0.0173. The van der Waals surface area contributed by atoms with E-state index in [2.05, 4.69) is 22.4 Å². The van der Waals surface area contributed by atoms with E-state index in [9.17, 15) is 4.39 Å². The smallest absolute Gasteiger partial charge is 0.193 e. The second-order valence-corrected chi connectivity index (χ2v) is 5.91. The van der Waals surface area contributed by atoms with Crippen LogP contribution in [0.4, 0.5) is 4.39 Å². The van der Waals surface area contributed by atoms with Crippen LogP contribution in [-0.4, -0.2) is 31.7 Å². The van der Waals surface area contributed by atoms with Crippen molar-refractivity contribution in [3.8, 4) is 5.75 Å². The lowest BCUT2D eigenvalue weighted by Gasteiger charge is -2.24. The summed E-state index contributed by atoms with van der Waals surface area (Å²) >= 11 is 0. The summed E-state index contributed by atoms with van der Waals surface area (Å²) in [5.41, 5.74) is 2.68. The molecular weight excluding hydrogens is 321 g/mol. The fraction of sp³-hybridized carbons (Fsp3) is 0.316. The maximum Gasteiger partial charge on any atom is 0.193 e. The molecule has 0 radical (unpaired) electrons. The van der Waals surface area contributed by atoms with Crippen LogP contribution in [0.15, 0.2) is 47.5 Å². The first-order valence-corrected chi connectivity index (χ1v) is 8.15. The van der Waals surface area contributed by atoms with Gasteiger partial charge in [-0.1, -0.05) is 30.3 Å². The Bertz CT molecular complexity index is 750. The zero-order valence-electron chi connectivity index (χ0n) is 14.5. The van der Waals surface area contributed by atoms with Gasteiger partial charge >= 0.3 is 0 Å². The summed E-state index contributed by atoms with van der Waals surface area (Å²) in [6.07, 6.45) is 0. The molecule has 25 heavy (non-hydrogen) atoms. The van der Waals surface area contributed by atoms with Crippen LogP contribution in [0, 0.1) is 5.82 Å². The van der Waals surface area contributed by atoms with Crippen molar-refractivity contribution in [2.45, 2.75) is 19.7 Å². The van der Waals surface area contributed by atoms with E-state index in [-0.39, 0.29) is 12.6 Å². The lowest BCUT2D eigenvalue weighted by atomic mass is 10.1. The number of nitrogens with one attached hydrogen (secondary N) is 1. The van der Waals surface area contributed by atoms with Gasteiger partial charge in [0.25, 0.3) is 0 Å². The molecule has 2 aromatic carbocycles. The van der Waals surface area contributed by atoms with Crippen LogP contribution in [0.2, 0.25) is 0 Å². The SMILES string of the molecule is CN=C(NCc1cc(F)cc2c1OCOC2)N(C)Cc1ccccc1. The largest absolute Gasteiger partial charge is 0.467 e. The Morgan fingerprint density at radius 2 is 2.08 bits per heavy atom. The molecule has 0 bridgehead atoms. The third-order valence-electron chi connectivity index (χ3n) is 4.02. The molecule has 0 amide bonds. The molecule has 132 valence electrons. The van der Waals surface area contributed by atoms with Crippen LogP contribution >= 0.6 is 0 Å². The highest BCUT2D eigenvalue weighted by atomic mass is 19.1. The summed E-state index contributed by atoms with van der Waals surface area (Å²) in [5, 5.41) is 3.27. The van der Waals surface area contributed by atoms with E-state index >= 15 is 0 Å². The molecule has 1 N–H and O–H groups in total. The monoisotopic (exact) mass is 343 g/mol. The summed E-state index contributed by atoms with van der Waals surface area (Å²) < 4.78 is 24.6. The highest BCUT2D eigenvalue weighted by Gasteiger charge is 2.17. The first-order chi connectivity index (χ1) is 12.2. The maximum atomic E-state index is 13.8. The second-order valence-electron chi connectivity index (χ2n) is 5.91. The maximum absolute atomic E-state index is 13.8. The van der Waals surface area contributed by atoms with E-state index in [1.807, 2.05) is 30.1 Å². The third kappa shape index (κ3) is 4.28. The van der Waals surface area contributed by atoms with E-state index in [0.717, 1.165) is 23.6 Å². The van der Waals surface area contributed by atoms with Crippen molar-refractivity contribution in [1.29, 1.82) is 0 Å². The molecule has 6 heteroatoms. The number of benzene rings is 2. The van der Waals surface area contributed by atoms with Gasteiger partial charge in [0.2, 0.25) is 0 Å². The van der Waals surface area contributed by atoms with Crippen molar-refractivity contribution in [2.24, 2.45) is 4.99 Å². The van der Waals surface area contributed by atoms with Crippen LogP contribution < -0.4 is 10.1 Å². The number of guanidine groups is 1. The number of ether oxygens (including phenoxy) is 2. The number of hydrogen-bond donors (Lipinski definition) is 1. The highest BCUT2D eigenvalue weighted by molar-refractivity contribution is 5.79. The predicted octanol–water partition coefficient (Wildman–Crippen LogP) is 2.90. The van der Waals surface area contributed by atoms with Gasteiger partial charge in [-0.3, -0.25) is 4.99 Å². The minimum absolute atomic E-state index is 0.189. The summed E-state index contributed by atoms with van der Waals surface area (Å²) in [6, 6.07) is 13.1. The Morgan fingerprint density at radius 1 is 1.28 bits per heavy atom. The molecule has 1 aliphatic heterocycles. The number of aliphatic imine (C=N–C) groups is 1. The minimum atomic E-state index is -0.294. The van der Waals surface area contributed by atoms with Crippen molar-refractivity contribution in [3.63, 3.8) is 0 Å². The predicted molar refractivity (Wildman–Crippen MR) is 94.8 cm³/mol. The molecule has 0 saturated heterocycles. The normalized spacial score (nSPS) is 13.8. The first kappa shape index (κ1) is 17.2. The molecule has 0 fully saturated rings. The van der Waals surface area contributed by atoms with Gasteiger partial charge in [0.1, 0.15) is 11.6 Å². The number of nitrogens with zero attached hydrogens (tertiary/aromatic N) is 2. The van der Waals surface area contributed by atoms with E-state index in [1.54, 1.807) is 7.05 Å². The molecule has 3 rings (SSSR count). The first-order valence-electron chi connectivity index (χ1n) is 8.15. The van der Waals surface area contributed by atoms with Crippen molar-refractivity contribution in [2.75, 3.05) is 20.9 Å². The Kier molecular flexibility index (Phi) is 5.50. The molecule has 0 unspecified atom stereocenters. The standard InChI is InChI=1S/C19H22FN3O2/c1-21-19(23(2)11-14-6-4-3-5-7-14)22-10-15-8-17(20)9-16-12-24-13-25-18(15)16/h3-9H,10-13H2,1-2H3,(H,21,22). The Hall–Kier alpha value is -2.60. The average molecular weight is 343 g/mol. The zero-order chi connectivity index (χ0) is 17.6. The minimum Gasteiger partial charge on any atom is -0.467 e.